The summed E-state index contributed by atoms with van der Waals surface area (Å²) in [6, 6.07) is 0. The minimum Gasteiger partial charge on any atom is -0.419 e. The first kappa shape index (κ1) is 12.7. The Kier molecular flexibility index (Phi) is 807. The molecule has 0 fully saturated rings. The minimum absolute atomic E-state index is 0. The smallest absolute Gasteiger partial charge is 0 e. The quantitative estimate of drug-likeness (QED) is 0.395. The molecule has 0 heterocycles. The molecule has 0 aliphatic rings. The van der Waals surface area contributed by atoms with Gasteiger partial charge in [-0.3, -0.25) is 5.26 Å². The van der Waals surface area contributed by atoms with Crippen molar-refractivity contribution in [2.75, 3.05) is 0 Å². The van der Waals surface area contributed by atoms with Crippen LogP contribution < -0.4 is 0 Å². The molecule has 0 amide bonds. The van der Waals surface area contributed by atoms with Gasteiger partial charge in [0.2, 0.25) is 0 Å². The first-order valence-corrected chi connectivity index (χ1v) is 0.471. The van der Waals surface area contributed by atoms with Crippen molar-refractivity contribution in [2.24, 2.45) is 0 Å². The van der Waals surface area contributed by atoms with Gasteiger partial charge in [0.25, 0.3) is 0 Å². The number of hydrogen-bond donors (Lipinski definition) is 1. The zero-order valence-corrected chi connectivity index (χ0v) is 8.67. The van der Waals surface area contributed by atoms with E-state index < -0.39 is 0 Å². The summed E-state index contributed by atoms with van der Waals surface area (Å²) in [6.45, 7) is 0. The molecule has 0 aromatic heterocycles. The van der Waals surface area contributed by atoms with Gasteiger partial charge < -0.3 is 4.89 Å². The predicted octanol–water partition coefficient (Wildman–Crippen LogP) is 0.268. The molecule has 0 aliphatic carbocycles. The molecule has 0 aromatic carbocycles. The number of rotatable bonds is 0. The molecular weight excluding hydrogens is 311 g/mol. The molecule has 0 aromatic rings. The second-order valence-electron chi connectivity index (χ2n) is 0.129. The van der Waals surface area contributed by atoms with E-state index in [1.54, 1.807) is 0 Å². The van der Waals surface area contributed by atoms with Crippen LogP contribution in [0, 0.1) is 7.11 Å². The van der Waals surface area contributed by atoms with Crippen LogP contribution in [0.2, 0.25) is 0 Å². The zero-order chi connectivity index (χ0) is 2.71. The Morgan fingerprint density at radius 3 is 1.75 bits per heavy atom. The van der Waals surface area contributed by atoms with Crippen LogP contribution in [0.5, 0.6) is 0 Å². The van der Waals surface area contributed by atoms with Crippen LogP contribution in [-0.4, -0.2) is 5.26 Å². The van der Waals surface area contributed by atoms with Crippen molar-refractivity contribution < 1.29 is 10.1 Å². The molecule has 0 aliphatic heterocycles. The van der Waals surface area contributed by atoms with Crippen LogP contribution in [0.3, 0.4) is 0 Å². The maximum absolute atomic E-state index is 6.96. The van der Waals surface area contributed by atoms with Gasteiger partial charge in [0, 0.05) is 0 Å². The normalized spacial score (nSPS) is 4.50. The van der Waals surface area contributed by atoms with Crippen molar-refractivity contribution >= 4 is 0 Å². The minimum atomic E-state index is 0. The standard InChI is InChI=1S/CH3O2.Rf/c1-3-2;/h2H,1H2;/q-1;. The summed E-state index contributed by atoms with van der Waals surface area (Å²) in [7, 11) is 2.54. The second-order valence-corrected chi connectivity index (χ2v) is 0.129. The summed E-state index contributed by atoms with van der Waals surface area (Å²) >= 11 is 0. The molecular formula is CH3O2Rf-. The first-order chi connectivity index (χ1) is 1.41. The molecule has 0 saturated carbocycles. The number of hydrogen-bond acceptors (Lipinski definition) is 2. The van der Waals surface area contributed by atoms with Crippen molar-refractivity contribution in [3.05, 3.63) is 7.11 Å². The van der Waals surface area contributed by atoms with Crippen molar-refractivity contribution in [1.82, 2.24) is 0 Å². The second kappa shape index (κ2) is 254. The van der Waals surface area contributed by atoms with Crippen molar-refractivity contribution in [3.63, 3.8) is 0 Å². The third-order valence-electron chi connectivity index (χ3n) is 0. The Bertz CT molecular complexity index is 6.00. The van der Waals surface area contributed by atoms with Crippen molar-refractivity contribution in [3.8, 4) is 0 Å². The Morgan fingerprint density at radius 1 is 1.75 bits per heavy atom. The Balaban J connectivity index is 0. The maximum atomic E-state index is 6.96. The fourth-order valence-electron chi connectivity index (χ4n) is 0. The van der Waals surface area contributed by atoms with Crippen LogP contribution in [0.15, 0.2) is 0 Å². The van der Waals surface area contributed by atoms with E-state index in [2.05, 4.69) is 12.0 Å². The molecule has 1 N–H and O–H groups in total. The average Bonchev–Trinajstić information content (AvgIpc) is 0.918. The van der Waals surface area contributed by atoms with Crippen LogP contribution >= 0.6 is 0 Å². The molecule has 0 saturated heterocycles. The largest absolute Gasteiger partial charge is 0.419 e. The Morgan fingerprint density at radius 2 is 1.75 bits per heavy atom. The molecule has 4 heavy (non-hydrogen) atoms. The fraction of sp³-hybridized carbons (Fsp3) is 0. The SMILES string of the molecule is [CH2-]OO.[Rf]. The molecule has 22 valence electrons. The summed E-state index contributed by atoms with van der Waals surface area (Å²) in [5, 5.41) is 6.96. The summed E-state index contributed by atoms with van der Waals surface area (Å²) in [5.41, 5.74) is 0. The Labute approximate surface area is 18.6 Å². The van der Waals surface area contributed by atoms with Gasteiger partial charge in [0.1, 0.15) is 0 Å². The van der Waals surface area contributed by atoms with Crippen molar-refractivity contribution in [1.29, 1.82) is 0 Å². The van der Waals surface area contributed by atoms with Gasteiger partial charge >= 0.3 is 0 Å². The average molecular weight is 314 g/mol. The van der Waals surface area contributed by atoms with Gasteiger partial charge in [-0.05, 0) is 0 Å². The van der Waals surface area contributed by atoms with E-state index in [0.29, 0.717) is 0 Å². The van der Waals surface area contributed by atoms with E-state index in [9.17, 15) is 0 Å². The third kappa shape index (κ3) is 0.00505. The summed E-state index contributed by atoms with van der Waals surface area (Å²) < 4.78 is 0. The molecule has 0 bridgehead atoms. The van der Waals surface area contributed by atoms with E-state index in [0.717, 1.165) is 0 Å². The van der Waals surface area contributed by atoms with Gasteiger partial charge in [-0.1, -0.05) is 0 Å². The molecule has 2 nitrogen and oxygen atoms in total. The van der Waals surface area contributed by atoms with Crippen LogP contribution in [0.25, 0.3) is 0 Å². The third-order valence-corrected chi connectivity index (χ3v) is 0. The topological polar surface area (TPSA) is 29.5 Å². The van der Waals surface area contributed by atoms with Gasteiger partial charge in [-0.25, -0.2) is 0 Å². The summed E-state index contributed by atoms with van der Waals surface area (Å²) in [5.74, 6) is 0. The van der Waals surface area contributed by atoms with E-state index >= 15 is 0 Å². The summed E-state index contributed by atoms with van der Waals surface area (Å²) in [4.78, 5) is 3.00. The van der Waals surface area contributed by atoms with Gasteiger partial charge in [0.15, 0.2) is 0 Å². The molecule has 3 heteroatoms. The van der Waals surface area contributed by atoms with Gasteiger partial charge in [0.05, 0.1) is 0 Å². The zero-order valence-electron chi connectivity index (χ0n) is 2.27. The van der Waals surface area contributed by atoms with Gasteiger partial charge in [-0.15, -0.1) is 0 Å². The predicted molar refractivity (Wildman–Crippen MR) is 9.07 cm³/mol. The molecule has 0 spiro atoms. The van der Waals surface area contributed by atoms with Gasteiger partial charge in [-0.2, -0.15) is 7.11 Å². The van der Waals surface area contributed by atoms with Crippen LogP contribution in [0.1, 0.15) is 0 Å². The van der Waals surface area contributed by atoms with E-state index in [4.69, 9.17) is 5.26 Å². The van der Waals surface area contributed by atoms with Crippen LogP contribution in [-0.2, 0) is 4.89 Å². The summed E-state index contributed by atoms with van der Waals surface area (Å²) in [6.07, 6.45) is 0. The molecule has 0 unspecified atom stereocenters. The monoisotopic (exact) mass is 314 g/mol. The van der Waals surface area contributed by atoms with E-state index in [1.165, 1.54) is 0 Å². The van der Waals surface area contributed by atoms with Crippen LogP contribution in [0.4, 0.5) is 0 Å². The van der Waals surface area contributed by atoms with E-state index in [-0.39, 0.29) is 0 Å². The fourth-order valence-corrected chi connectivity index (χ4v) is 0. The van der Waals surface area contributed by atoms with Crippen molar-refractivity contribution in [2.45, 2.75) is 0 Å². The Hall–Kier alpha value is -1.08. The molecule has 0 radical (unpaired) electrons. The first-order valence-electron chi connectivity index (χ1n) is 0.471. The van der Waals surface area contributed by atoms with E-state index in [1.807, 2.05) is 0 Å². The molecule has 0 atom stereocenters. The maximum Gasteiger partial charge on any atom is 0 e. The molecule has 0 rings (SSSR count).